The minimum Gasteiger partial charge on any atom is -0.494 e. The molecule has 1 aromatic rings. The molecular formula is C7H7F2IN2O3S. The number of pyridine rings is 1. The van der Waals surface area contributed by atoms with Gasteiger partial charge in [-0.25, -0.2) is 22.3 Å². The summed E-state index contributed by atoms with van der Waals surface area (Å²) in [5, 5.41) is 4.89. The van der Waals surface area contributed by atoms with Gasteiger partial charge in [-0.3, -0.25) is 4.98 Å². The van der Waals surface area contributed by atoms with Gasteiger partial charge in [0.05, 0.1) is 16.9 Å². The molecule has 0 aliphatic carbocycles. The van der Waals surface area contributed by atoms with Crippen molar-refractivity contribution in [2.24, 2.45) is 5.14 Å². The predicted molar refractivity (Wildman–Crippen MR) is 59.8 cm³/mol. The second kappa shape index (κ2) is 4.75. The molecule has 0 aromatic carbocycles. The number of primary sulfonamides is 1. The quantitative estimate of drug-likeness (QED) is 0.820. The molecule has 0 fully saturated rings. The molecule has 16 heavy (non-hydrogen) atoms. The predicted octanol–water partition coefficient (Wildman–Crippen LogP) is 1.28. The fraction of sp³-hybridized carbons (Fsp3) is 0.286. The van der Waals surface area contributed by atoms with E-state index in [0.29, 0.717) is 0 Å². The van der Waals surface area contributed by atoms with Gasteiger partial charge >= 0.3 is 0 Å². The first-order valence-corrected chi connectivity index (χ1v) is 6.45. The molecule has 0 unspecified atom stereocenters. The first-order chi connectivity index (χ1) is 7.29. The van der Waals surface area contributed by atoms with Crippen LogP contribution < -0.4 is 9.88 Å². The van der Waals surface area contributed by atoms with Crippen molar-refractivity contribution < 1.29 is 21.9 Å². The summed E-state index contributed by atoms with van der Waals surface area (Å²) in [6.07, 6.45) is -2.05. The molecule has 0 bridgehead atoms. The third kappa shape index (κ3) is 2.58. The highest BCUT2D eigenvalue weighted by molar-refractivity contribution is 14.1. The van der Waals surface area contributed by atoms with Crippen molar-refractivity contribution in [2.75, 3.05) is 7.11 Å². The van der Waals surface area contributed by atoms with E-state index in [1.165, 1.54) is 29.7 Å². The van der Waals surface area contributed by atoms with Crippen LogP contribution in [0, 0.1) is 3.57 Å². The average molecular weight is 364 g/mol. The lowest BCUT2D eigenvalue weighted by molar-refractivity contribution is 0.144. The van der Waals surface area contributed by atoms with Gasteiger partial charge in [-0.15, -0.1) is 0 Å². The minimum atomic E-state index is -4.05. The molecule has 1 aromatic heterocycles. The van der Waals surface area contributed by atoms with Crippen LogP contribution in [0.25, 0.3) is 0 Å². The molecule has 0 atom stereocenters. The normalized spacial score (nSPS) is 11.9. The first-order valence-electron chi connectivity index (χ1n) is 3.82. The number of hydrogen-bond donors (Lipinski definition) is 1. The monoisotopic (exact) mass is 364 g/mol. The van der Waals surface area contributed by atoms with Crippen LogP contribution in [-0.2, 0) is 10.0 Å². The van der Waals surface area contributed by atoms with Crippen LogP contribution in [0.1, 0.15) is 12.1 Å². The van der Waals surface area contributed by atoms with Gasteiger partial charge in [0.2, 0.25) is 10.0 Å². The number of hydrogen-bond acceptors (Lipinski definition) is 4. The summed E-state index contributed by atoms with van der Waals surface area (Å²) < 4.78 is 51.8. The number of nitrogens with two attached hydrogens (primary N) is 1. The average Bonchev–Trinajstić information content (AvgIpc) is 2.15. The second-order valence-electron chi connectivity index (χ2n) is 2.70. The Morgan fingerprint density at radius 1 is 1.56 bits per heavy atom. The number of rotatable bonds is 3. The molecule has 0 spiro atoms. The summed E-state index contributed by atoms with van der Waals surface area (Å²) in [6.45, 7) is 0. The van der Waals surface area contributed by atoms with Gasteiger partial charge in [0.15, 0.2) is 5.75 Å². The van der Waals surface area contributed by atoms with Crippen molar-refractivity contribution in [1.82, 2.24) is 4.98 Å². The number of alkyl halides is 2. The van der Waals surface area contributed by atoms with Crippen molar-refractivity contribution in [2.45, 2.75) is 11.3 Å². The van der Waals surface area contributed by atoms with Gasteiger partial charge in [-0.2, -0.15) is 0 Å². The largest absolute Gasteiger partial charge is 0.494 e. The smallest absolute Gasteiger partial charge is 0.281 e. The second-order valence-corrected chi connectivity index (χ2v) is 5.31. The lowest BCUT2D eigenvalue weighted by Gasteiger charge is -2.11. The van der Waals surface area contributed by atoms with Crippen molar-refractivity contribution in [3.63, 3.8) is 0 Å². The maximum atomic E-state index is 12.5. The van der Waals surface area contributed by atoms with Gasteiger partial charge in [-0.05, 0) is 22.6 Å². The van der Waals surface area contributed by atoms with Gasteiger partial charge in [0.25, 0.3) is 6.43 Å². The molecule has 5 nitrogen and oxygen atoms in total. The number of halogens is 3. The number of methoxy groups -OCH3 is 1. The van der Waals surface area contributed by atoms with E-state index in [9.17, 15) is 17.2 Å². The van der Waals surface area contributed by atoms with E-state index < -0.39 is 27.0 Å². The zero-order valence-corrected chi connectivity index (χ0v) is 10.9. The van der Waals surface area contributed by atoms with Crippen molar-refractivity contribution >= 4 is 32.6 Å². The van der Waals surface area contributed by atoms with Crippen molar-refractivity contribution in [3.05, 3.63) is 15.5 Å². The Bertz CT molecular complexity index is 507. The molecule has 2 N–H and O–H groups in total. The summed E-state index contributed by atoms with van der Waals surface area (Å²) in [4.78, 5) is 2.94. The third-order valence-corrected chi connectivity index (χ3v) is 3.63. The Morgan fingerprint density at radius 2 is 2.12 bits per heavy atom. The molecule has 0 aliphatic rings. The number of aromatic nitrogens is 1. The molecule has 0 aliphatic heterocycles. The lowest BCUT2D eigenvalue weighted by atomic mass is 10.3. The number of nitrogens with zero attached hydrogens (tertiary/aromatic N) is 1. The highest BCUT2D eigenvalue weighted by atomic mass is 127. The van der Waals surface area contributed by atoms with Crippen LogP contribution >= 0.6 is 22.6 Å². The van der Waals surface area contributed by atoms with Gasteiger partial charge < -0.3 is 4.74 Å². The Kier molecular flexibility index (Phi) is 4.02. The standard InChI is InChI=1S/C7H7F2IN2O3S/c1-15-6-3(16(11,13)14)2-12-5(4(6)10)7(8)9/h2,7H,1H3,(H2,11,13,14). The third-order valence-electron chi connectivity index (χ3n) is 1.69. The number of sulfonamides is 1. The maximum Gasteiger partial charge on any atom is 0.281 e. The van der Waals surface area contributed by atoms with Crippen LogP contribution in [0.15, 0.2) is 11.1 Å². The summed E-state index contributed by atoms with van der Waals surface area (Å²) in [5.41, 5.74) is -0.537. The fourth-order valence-electron chi connectivity index (χ4n) is 1.01. The highest BCUT2D eigenvalue weighted by Gasteiger charge is 2.24. The Morgan fingerprint density at radius 3 is 2.50 bits per heavy atom. The van der Waals surface area contributed by atoms with E-state index in [2.05, 4.69) is 4.98 Å². The van der Waals surface area contributed by atoms with Crippen LogP contribution in [0.3, 0.4) is 0 Å². The Labute approximate surface area is 104 Å². The SMILES string of the molecule is COc1c(S(N)(=O)=O)cnc(C(F)F)c1I. The molecule has 0 saturated heterocycles. The van der Waals surface area contributed by atoms with Crippen LogP contribution in [-0.4, -0.2) is 20.5 Å². The summed E-state index contributed by atoms with van der Waals surface area (Å²) >= 11 is 1.53. The van der Waals surface area contributed by atoms with E-state index in [1.54, 1.807) is 0 Å². The zero-order valence-electron chi connectivity index (χ0n) is 7.95. The van der Waals surface area contributed by atoms with Gasteiger partial charge in [0.1, 0.15) is 10.6 Å². The van der Waals surface area contributed by atoms with Crippen LogP contribution in [0.2, 0.25) is 0 Å². The zero-order chi connectivity index (χ0) is 12.5. The van der Waals surface area contributed by atoms with Gasteiger partial charge in [-0.1, -0.05) is 0 Å². The topological polar surface area (TPSA) is 82.3 Å². The summed E-state index contributed by atoms with van der Waals surface area (Å²) in [5.74, 6) is -0.214. The van der Waals surface area contributed by atoms with E-state index in [4.69, 9.17) is 9.88 Å². The number of ether oxygens (including phenoxy) is 1. The molecule has 90 valence electrons. The Hall–Kier alpha value is -0.550. The molecule has 0 amide bonds. The van der Waals surface area contributed by atoms with Crippen LogP contribution in [0.5, 0.6) is 5.75 Å². The first kappa shape index (κ1) is 13.5. The molecule has 1 heterocycles. The fourth-order valence-corrected chi connectivity index (χ4v) is 2.72. The molecule has 0 saturated carbocycles. The summed E-state index contributed by atoms with van der Waals surface area (Å²) in [7, 11) is -2.88. The van der Waals surface area contributed by atoms with E-state index in [1.807, 2.05) is 0 Å². The van der Waals surface area contributed by atoms with Crippen LogP contribution in [0.4, 0.5) is 8.78 Å². The molecule has 0 radical (unpaired) electrons. The lowest BCUT2D eigenvalue weighted by Crippen LogP contribution is -2.15. The highest BCUT2D eigenvalue weighted by Crippen LogP contribution is 2.33. The van der Waals surface area contributed by atoms with E-state index in [0.717, 1.165) is 6.20 Å². The van der Waals surface area contributed by atoms with E-state index in [-0.39, 0.29) is 9.32 Å². The Balaban J connectivity index is 3.54. The van der Waals surface area contributed by atoms with Crippen molar-refractivity contribution in [3.8, 4) is 5.75 Å². The molecule has 1 rings (SSSR count). The summed E-state index contributed by atoms with van der Waals surface area (Å²) in [6, 6.07) is 0. The van der Waals surface area contributed by atoms with Crippen molar-refractivity contribution in [1.29, 1.82) is 0 Å². The minimum absolute atomic E-state index is 0.0679. The molecular weight excluding hydrogens is 357 g/mol. The van der Waals surface area contributed by atoms with E-state index >= 15 is 0 Å². The van der Waals surface area contributed by atoms with Gasteiger partial charge in [0, 0.05) is 0 Å². The maximum absolute atomic E-state index is 12.5. The molecule has 9 heteroatoms.